The predicted octanol–water partition coefficient (Wildman–Crippen LogP) is 0.0568. The summed E-state index contributed by atoms with van der Waals surface area (Å²) in [4.78, 5) is 14.7. The number of amides is 1. The third kappa shape index (κ3) is 0.914. The first kappa shape index (κ1) is 6.78. The molecule has 60 valence electrons. The minimum absolute atomic E-state index is 0.393. The third-order valence-electron chi connectivity index (χ3n) is 1.58. The van der Waals surface area contributed by atoms with Gasteiger partial charge in [-0.2, -0.15) is 5.10 Å². The topological polar surface area (TPSA) is 84.7 Å². The first-order chi connectivity index (χ1) is 5.77. The zero-order chi connectivity index (χ0) is 8.55. The van der Waals surface area contributed by atoms with Crippen molar-refractivity contribution in [2.75, 3.05) is 0 Å². The van der Waals surface area contributed by atoms with Gasteiger partial charge in [0.2, 0.25) is 5.91 Å². The fraction of sp³-hybridized carbons (Fsp3) is 0. The van der Waals surface area contributed by atoms with Crippen LogP contribution in [0.25, 0.3) is 11.0 Å². The number of H-pyrrole nitrogens is 1. The molecule has 0 spiro atoms. The summed E-state index contributed by atoms with van der Waals surface area (Å²) in [6, 6.07) is 1.65. The fourth-order valence-electron chi connectivity index (χ4n) is 0.971. The van der Waals surface area contributed by atoms with Crippen LogP contribution in [0.3, 0.4) is 0 Å². The van der Waals surface area contributed by atoms with E-state index in [1.807, 2.05) is 0 Å². The Hall–Kier alpha value is -1.91. The van der Waals surface area contributed by atoms with Gasteiger partial charge in [-0.25, -0.2) is 4.98 Å². The van der Waals surface area contributed by atoms with Crippen molar-refractivity contribution in [3.05, 3.63) is 24.0 Å². The van der Waals surface area contributed by atoms with Crippen LogP contribution in [0.5, 0.6) is 0 Å². The van der Waals surface area contributed by atoms with Crippen molar-refractivity contribution in [3.63, 3.8) is 0 Å². The first-order valence-electron chi connectivity index (χ1n) is 3.36. The summed E-state index contributed by atoms with van der Waals surface area (Å²) in [6.07, 6.45) is 3.01. The van der Waals surface area contributed by atoms with Gasteiger partial charge in [-0.3, -0.25) is 9.89 Å². The lowest BCUT2D eigenvalue weighted by atomic mass is 10.2. The summed E-state index contributed by atoms with van der Waals surface area (Å²) in [5.41, 5.74) is 6.11. The lowest BCUT2D eigenvalue weighted by molar-refractivity contribution is 0.1000. The van der Waals surface area contributed by atoms with E-state index in [0.29, 0.717) is 11.2 Å². The van der Waals surface area contributed by atoms with Gasteiger partial charge >= 0.3 is 0 Å². The molecule has 0 bridgehead atoms. The minimum Gasteiger partial charge on any atom is -0.366 e. The van der Waals surface area contributed by atoms with E-state index in [0.717, 1.165) is 5.39 Å². The Morgan fingerprint density at radius 1 is 1.50 bits per heavy atom. The number of hydrogen-bond acceptors (Lipinski definition) is 3. The molecule has 0 aliphatic heterocycles. The SMILES string of the molecule is NC(=O)c1cnc2[nH]ncc2c1. The Bertz CT molecular complexity index is 434. The van der Waals surface area contributed by atoms with Crippen LogP contribution in [0.15, 0.2) is 18.5 Å². The lowest BCUT2D eigenvalue weighted by Crippen LogP contribution is -2.10. The van der Waals surface area contributed by atoms with Crippen molar-refractivity contribution >= 4 is 16.9 Å². The van der Waals surface area contributed by atoms with E-state index < -0.39 is 5.91 Å². The molecule has 12 heavy (non-hydrogen) atoms. The number of rotatable bonds is 1. The van der Waals surface area contributed by atoms with Crippen molar-refractivity contribution < 1.29 is 4.79 Å². The summed E-state index contributed by atoms with van der Waals surface area (Å²) in [7, 11) is 0. The number of pyridine rings is 1. The molecular weight excluding hydrogens is 156 g/mol. The number of primary amides is 1. The van der Waals surface area contributed by atoms with E-state index in [9.17, 15) is 4.79 Å². The van der Waals surface area contributed by atoms with Crippen LogP contribution in [0, 0.1) is 0 Å². The number of nitrogens with one attached hydrogen (secondary N) is 1. The van der Waals surface area contributed by atoms with Gasteiger partial charge in [0.1, 0.15) is 0 Å². The van der Waals surface area contributed by atoms with Gasteiger partial charge in [0.15, 0.2) is 5.65 Å². The van der Waals surface area contributed by atoms with E-state index in [1.165, 1.54) is 6.20 Å². The quantitative estimate of drug-likeness (QED) is 0.621. The Kier molecular flexibility index (Phi) is 1.30. The maximum absolute atomic E-state index is 10.7. The van der Waals surface area contributed by atoms with Gasteiger partial charge in [0.25, 0.3) is 0 Å². The van der Waals surface area contributed by atoms with Crippen LogP contribution in [0.4, 0.5) is 0 Å². The van der Waals surface area contributed by atoms with Crippen LogP contribution in [0.2, 0.25) is 0 Å². The Balaban J connectivity index is 2.68. The van der Waals surface area contributed by atoms with Crippen LogP contribution < -0.4 is 5.73 Å². The molecule has 0 aliphatic carbocycles. The number of aromatic nitrogens is 3. The standard InChI is InChI=1S/C7H6N4O/c8-6(12)4-1-5-3-10-11-7(5)9-2-4/h1-3H,(H2,8,12)(H,9,10,11). The Morgan fingerprint density at radius 2 is 2.33 bits per heavy atom. The molecule has 0 fully saturated rings. The lowest BCUT2D eigenvalue weighted by Gasteiger charge is -1.92. The summed E-state index contributed by atoms with van der Waals surface area (Å²) in [5, 5.41) is 7.22. The first-order valence-corrected chi connectivity index (χ1v) is 3.36. The van der Waals surface area contributed by atoms with E-state index in [1.54, 1.807) is 12.3 Å². The molecule has 2 aromatic heterocycles. The van der Waals surface area contributed by atoms with Gasteiger partial charge in [-0.05, 0) is 6.07 Å². The summed E-state index contributed by atoms with van der Waals surface area (Å²) in [6.45, 7) is 0. The molecule has 0 saturated heterocycles. The molecule has 0 saturated carbocycles. The molecule has 3 N–H and O–H groups in total. The number of carbonyl (C=O) groups excluding carboxylic acids is 1. The fourth-order valence-corrected chi connectivity index (χ4v) is 0.971. The molecular formula is C7H6N4O. The van der Waals surface area contributed by atoms with Crippen molar-refractivity contribution in [1.29, 1.82) is 0 Å². The van der Waals surface area contributed by atoms with Crippen LogP contribution >= 0.6 is 0 Å². The second-order valence-corrected chi connectivity index (χ2v) is 2.40. The molecule has 5 heteroatoms. The van der Waals surface area contributed by atoms with Crippen LogP contribution in [-0.2, 0) is 0 Å². The maximum atomic E-state index is 10.7. The van der Waals surface area contributed by atoms with Gasteiger partial charge in [-0.1, -0.05) is 0 Å². The normalized spacial score (nSPS) is 10.3. The summed E-state index contributed by atoms with van der Waals surface area (Å²) < 4.78 is 0. The summed E-state index contributed by atoms with van der Waals surface area (Å²) >= 11 is 0. The van der Waals surface area contributed by atoms with Gasteiger partial charge in [0.05, 0.1) is 11.8 Å². The van der Waals surface area contributed by atoms with E-state index in [2.05, 4.69) is 15.2 Å². The molecule has 2 heterocycles. The molecule has 0 aliphatic rings. The summed E-state index contributed by atoms with van der Waals surface area (Å²) in [5.74, 6) is -0.481. The van der Waals surface area contributed by atoms with E-state index >= 15 is 0 Å². The number of fused-ring (bicyclic) bond motifs is 1. The zero-order valence-corrected chi connectivity index (χ0v) is 6.11. The second-order valence-electron chi connectivity index (χ2n) is 2.40. The molecule has 5 nitrogen and oxygen atoms in total. The Labute approximate surface area is 67.6 Å². The highest BCUT2D eigenvalue weighted by Crippen LogP contribution is 2.08. The van der Waals surface area contributed by atoms with Gasteiger partial charge < -0.3 is 5.73 Å². The number of nitrogens with two attached hydrogens (primary N) is 1. The maximum Gasteiger partial charge on any atom is 0.250 e. The monoisotopic (exact) mass is 162 g/mol. The highest BCUT2D eigenvalue weighted by atomic mass is 16.1. The molecule has 0 aromatic carbocycles. The zero-order valence-electron chi connectivity index (χ0n) is 6.11. The third-order valence-corrected chi connectivity index (χ3v) is 1.58. The van der Waals surface area contributed by atoms with Crippen molar-refractivity contribution in [3.8, 4) is 0 Å². The second kappa shape index (κ2) is 2.30. The van der Waals surface area contributed by atoms with Crippen LogP contribution in [-0.4, -0.2) is 21.1 Å². The number of aromatic amines is 1. The highest BCUT2D eigenvalue weighted by Gasteiger charge is 2.02. The smallest absolute Gasteiger partial charge is 0.250 e. The average Bonchev–Trinajstić information content (AvgIpc) is 2.49. The molecule has 0 unspecified atom stereocenters. The molecule has 0 atom stereocenters. The van der Waals surface area contributed by atoms with Crippen molar-refractivity contribution in [1.82, 2.24) is 15.2 Å². The molecule has 2 aromatic rings. The van der Waals surface area contributed by atoms with E-state index in [-0.39, 0.29) is 0 Å². The predicted molar refractivity (Wildman–Crippen MR) is 42.4 cm³/mol. The van der Waals surface area contributed by atoms with E-state index in [4.69, 9.17) is 5.73 Å². The van der Waals surface area contributed by atoms with Gasteiger partial charge in [0, 0.05) is 11.6 Å². The number of nitrogens with zero attached hydrogens (tertiary/aromatic N) is 2. The molecule has 2 rings (SSSR count). The van der Waals surface area contributed by atoms with Gasteiger partial charge in [-0.15, -0.1) is 0 Å². The molecule has 0 radical (unpaired) electrons. The largest absolute Gasteiger partial charge is 0.366 e. The minimum atomic E-state index is -0.481. The molecule has 1 amide bonds. The number of hydrogen-bond donors (Lipinski definition) is 2. The van der Waals surface area contributed by atoms with Crippen LogP contribution in [0.1, 0.15) is 10.4 Å². The van der Waals surface area contributed by atoms with Crippen molar-refractivity contribution in [2.45, 2.75) is 0 Å². The highest BCUT2D eigenvalue weighted by molar-refractivity contribution is 5.95. The van der Waals surface area contributed by atoms with Crippen molar-refractivity contribution in [2.24, 2.45) is 5.73 Å². The Morgan fingerprint density at radius 3 is 3.08 bits per heavy atom. The number of carbonyl (C=O) groups is 1. The average molecular weight is 162 g/mol.